The van der Waals surface area contributed by atoms with Gasteiger partial charge in [0, 0.05) is 0 Å². The molecule has 5 saturated heterocycles. The van der Waals surface area contributed by atoms with Crippen molar-refractivity contribution < 1.29 is 127 Å². The number of ether oxygens (including phenoxy) is 10. The van der Waals surface area contributed by atoms with Gasteiger partial charge in [0.15, 0.2) is 31.5 Å². The van der Waals surface area contributed by atoms with Gasteiger partial charge in [0.05, 0.1) is 41.9 Å². The Morgan fingerprint density at radius 3 is 1.65 bits per heavy atom. The molecule has 0 spiro atoms. The summed E-state index contributed by atoms with van der Waals surface area (Å²) in [6, 6.07) is 0. The normalized spacial score (nSPS) is 52.4. The summed E-state index contributed by atoms with van der Waals surface area (Å²) in [5.41, 5.74) is 0.410. The third kappa shape index (κ3) is 12.6. The van der Waals surface area contributed by atoms with E-state index in [2.05, 4.69) is 40.7 Å². The molecule has 0 aromatic heterocycles. The van der Waals surface area contributed by atoms with Crippen molar-refractivity contribution >= 4 is 10.1 Å². The number of allylic oxidation sites excluding steroid dienone is 2. The second-order valence-electron chi connectivity index (χ2n) is 27.1. The van der Waals surface area contributed by atoms with Gasteiger partial charge in [0.1, 0.15) is 91.6 Å². The van der Waals surface area contributed by atoms with E-state index in [1.54, 1.807) is 0 Å². The molecule has 34 atom stereocenters. The van der Waals surface area contributed by atoms with Crippen molar-refractivity contribution in [1.29, 1.82) is 0 Å². The van der Waals surface area contributed by atoms with Gasteiger partial charge in [-0.15, -0.1) is 0 Å². The minimum absolute atomic E-state index is 0.00894. The standard InChI is InChI=1S/C57H96O26S/c1-21(2)17-28(58)18-22(3)31-11-12-32-30-20-35(34-19-29(84(71,72)73)13-15-56(34,10)33(30)14-16-55(31,32)9)79-52-45(68)49(57(69,70)27(8)78-52)83-54-48(82-51-43(66)40(63)37(60)24(5)75-51)44(67)46(26(7)77-54)80-53-47(41(64)38(61)25(6)76-53)81-50-42(65)39(62)36(59)23(4)74-50/h14,21-32,34-54,58-70H,11-13,15-20H2,1-10H3,(H,71,72,73)/t22-,23-,24-,25-,26-,27-,28?,29+,30+,31-,32+,34-,35+,36+,37-,38+,39+,40+,41+,42-,43-,44+,45-,46-,47-,48-,49-,50+,51+,52+,53+,54+,55-,56-/m1/s1. The molecule has 14 N–H and O–H groups in total. The van der Waals surface area contributed by atoms with E-state index in [-0.39, 0.29) is 36.0 Å². The lowest BCUT2D eigenvalue weighted by Gasteiger charge is -2.60. The molecular weight excluding hydrogens is 1130 g/mol. The molecule has 486 valence electrons. The lowest BCUT2D eigenvalue weighted by atomic mass is 9.47. The Bertz CT molecular complexity index is 2370. The summed E-state index contributed by atoms with van der Waals surface area (Å²) in [6.07, 6.45) is -35.1. The fraction of sp³-hybridized carbons (Fsp3) is 0.965. The quantitative estimate of drug-likeness (QED) is 0.0491. The molecule has 4 aliphatic carbocycles. The van der Waals surface area contributed by atoms with Crippen molar-refractivity contribution in [1.82, 2.24) is 0 Å². The largest absolute Gasteiger partial charge is 0.393 e. The second kappa shape index (κ2) is 25.4. The van der Waals surface area contributed by atoms with Crippen LogP contribution in [0.5, 0.6) is 0 Å². The Labute approximate surface area is 491 Å². The highest BCUT2D eigenvalue weighted by Gasteiger charge is 2.64. The van der Waals surface area contributed by atoms with Gasteiger partial charge in [-0.3, -0.25) is 4.55 Å². The van der Waals surface area contributed by atoms with Crippen LogP contribution in [0.2, 0.25) is 0 Å². The molecule has 0 aromatic carbocycles. The highest BCUT2D eigenvalue weighted by atomic mass is 32.2. The van der Waals surface area contributed by atoms with Gasteiger partial charge in [0.25, 0.3) is 10.1 Å². The molecule has 9 aliphatic rings. The number of hydrogen-bond acceptors (Lipinski definition) is 25. The maximum atomic E-state index is 12.9. The number of aliphatic hydroxyl groups is 13. The van der Waals surface area contributed by atoms with Gasteiger partial charge < -0.3 is 114 Å². The van der Waals surface area contributed by atoms with Crippen LogP contribution in [0.1, 0.15) is 127 Å². The molecule has 5 aliphatic heterocycles. The van der Waals surface area contributed by atoms with Crippen LogP contribution in [0.4, 0.5) is 0 Å². The highest BCUT2D eigenvalue weighted by Crippen LogP contribution is 2.67. The average molecular weight is 1230 g/mol. The highest BCUT2D eigenvalue weighted by molar-refractivity contribution is 7.86. The molecule has 27 heteroatoms. The first-order valence-electron chi connectivity index (χ1n) is 30.2. The third-order valence-corrected chi connectivity index (χ3v) is 22.4. The van der Waals surface area contributed by atoms with Gasteiger partial charge in [0.2, 0.25) is 5.79 Å². The molecule has 0 radical (unpaired) electrons. The van der Waals surface area contributed by atoms with Crippen molar-refractivity contribution in [3.8, 4) is 0 Å². The van der Waals surface area contributed by atoms with Crippen LogP contribution in [0.25, 0.3) is 0 Å². The minimum Gasteiger partial charge on any atom is -0.393 e. The molecule has 84 heavy (non-hydrogen) atoms. The Morgan fingerprint density at radius 2 is 1.08 bits per heavy atom. The number of hydrogen-bond donors (Lipinski definition) is 14. The number of fused-ring (bicyclic) bond motifs is 5. The first-order chi connectivity index (χ1) is 39.1. The summed E-state index contributed by atoms with van der Waals surface area (Å²) in [7, 11) is -4.51. The van der Waals surface area contributed by atoms with Gasteiger partial charge in [-0.05, 0) is 139 Å². The minimum atomic E-state index is -4.51. The summed E-state index contributed by atoms with van der Waals surface area (Å²) in [6.45, 7) is 17.6. The summed E-state index contributed by atoms with van der Waals surface area (Å²) >= 11 is 0. The molecule has 0 aromatic rings. The van der Waals surface area contributed by atoms with Crippen molar-refractivity contribution in [2.75, 3.05) is 0 Å². The number of aliphatic hydroxyl groups excluding tert-OH is 11. The molecule has 5 heterocycles. The van der Waals surface area contributed by atoms with E-state index in [1.165, 1.54) is 40.2 Å². The zero-order valence-corrected chi connectivity index (χ0v) is 50.4. The van der Waals surface area contributed by atoms with E-state index in [9.17, 15) is 79.4 Å². The number of rotatable bonds is 16. The molecule has 26 nitrogen and oxygen atoms in total. The van der Waals surface area contributed by atoms with Crippen molar-refractivity contribution in [2.45, 2.75) is 298 Å². The van der Waals surface area contributed by atoms with E-state index < -0.39 is 192 Å². The summed E-state index contributed by atoms with van der Waals surface area (Å²) in [5.74, 6) is -2.66. The SMILES string of the molecule is CC(C)CC(O)C[C@@H](C)[C@H]1CC[C@H]2[C@@H]3C[C@H](O[C@@H]4O[C@H](C)C(O)(O)[C@H](O[C@@H]5O[C@H](C)[C@@H](O[C@@H]6O[C@H](C)[C@H](O)[C@H](O)[C@H]6O[C@@H]6O[C@H](C)[C@H](O)[C@H](O)[C@H]6O)[C@H](O)[C@H]5O[C@@H]5O[C@H](C)[C@@H](O)[C@H](O)[C@H]5O)[C@H]4O)[C@H]4C[C@@H](S(=O)(=O)O)CC[C@]4(C)C3=CC[C@]12C. The first-order valence-corrected chi connectivity index (χ1v) is 31.8. The summed E-state index contributed by atoms with van der Waals surface area (Å²) in [5, 5.41) is 145. The molecule has 0 amide bonds. The first kappa shape index (κ1) is 67.1. The van der Waals surface area contributed by atoms with E-state index in [0.717, 1.165) is 19.3 Å². The van der Waals surface area contributed by atoms with Crippen LogP contribution in [-0.2, 0) is 57.5 Å². The second-order valence-corrected chi connectivity index (χ2v) is 28.8. The summed E-state index contributed by atoms with van der Waals surface area (Å²) < 4.78 is 97.7. The van der Waals surface area contributed by atoms with Crippen molar-refractivity contribution in [3.63, 3.8) is 0 Å². The maximum Gasteiger partial charge on any atom is 0.267 e. The van der Waals surface area contributed by atoms with Gasteiger partial charge >= 0.3 is 0 Å². The molecule has 3 saturated carbocycles. The monoisotopic (exact) mass is 1230 g/mol. The van der Waals surface area contributed by atoms with Crippen molar-refractivity contribution in [3.05, 3.63) is 11.6 Å². The van der Waals surface area contributed by atoms with Crippen LogP contribution in [0, 0.1) is 46.3 Å². The average Bonchev–Trinajstić information content (AvgIpc) is 2.23. The zero-order chi connectivity index (χ0) is 61.8. The maximum absolute atomic E-state index is 12.9. The topological polar surface area (TPSA) is 410 Å². The van der Waals surface area contributed by atoms with Crippen LogP contribution in [-0.4, -0.2) is 250 Å². The lowest BCUT2D eigenvalue weighted by Crippen LogP contribution is -2.70. The van der Waals surface area contributed by atoms with E-state index in [0.29, 0.717) is 37.5 Å². The van der Waals surface area contributed by atoms with E-state index in [1.807, 2.05) is 0 Å². The molecule has 9 rings (SSSR count). The molecule has 1 unspecified atom stereocenters. The van der Waals surface area contributed by atoms with Gasteiger partial charge in [-0.2, -0.15) is 8.42 Å². The van der Waals surface area contributed by atoms with Gasteiger partial charge in [-0.1, -0.05) is 46.3 Å². The van der Waals surface area contributed by atoms with Crippen LogP contribution < -0.4 is 0 Å². The Balaban J connectivity index is 0.998. The van der Waals surface area contributed by atoms with Gasteiger partial charge in [-0.25, -0.2) is 0 Å². The van der Waals surface area contributed by atoms with E-state index in [4.69, 9.17) is 47.4 Å². The Morgan fingerprint density at radius 1 is 0.571 bits per heavy atom. The van der Waals surface area contributed by atoms with Crippen LogP contribution >= 0.6 is 0 Å². The summed E-state index contributed by atoms with van der Waals surface area (Å²) in [4.78, 5) is 0. The van der Waals surface area contributed by atoms with Crippen molar-refractivity contribution in [2.24, 2.45) is 46.3 Å². The van der Waals surface area contributed by atoms with Crippen LogP contribution in [0.3, 0.4) is 0 Å². The molecular formula is C57H96O26S. The van der Waals surface area contributed by atoms with E-state index >= 15 is 0 Å². The molecule has 8 fully saturated rings. The van der Waals surface area contributed by atoms with Crippen LogP contribution in [0.15, 0.2) is 11.6 Å². The smallest absolute Gasteiger partial charge is 0.267 e. The third-order valence-electron chi connectivity index (χ3n) is 21.1. The fourth-order valence-corrected chi connectivity index (χ4v) is 17.0. The predicted octanol–water partition coefficient (Wildman–Crippen LogP) is -1.20. The lowest BCUT2D eigenvalue weighted by molar-refractivity contribution is -0.432. The Hall–Kier alpha value is -1.27. The zero-order valence-electron chi connectivity index (χ0n) is 49.6. The Kier molecular flexibility index (Phi) is 20.3. The fourth-order valence-electron chi connectivity index (χ4n) is 16.2. The molecule has 0 bridgehead atoms. The predicted molar refractivity (Wildman–Crippen MR) is 288 cm³/mol.